The van der Waals surface area contributed by atoms with E-state index in [1.807, 2.05) is 0 Å². The van der Waals surface area contributed by atoms with Crippen LogP contribution in [0.5, 0.6) is 0 Å². The van der Waals surface area contributed by atoms with Crippen LogP contribution in [0.25, 0.3) is 0 Å². The molecule has 0 aromatic heterocycles. The molecule has 4 heteroatoms. The van der Waals surface area contributed by atoms with E-state index >= 15 is 0 Å². The van der Waals surface area contributed by atoms with Gasteiger partial charge in [-0.2, -0.15) is 0 Å². The Balaban J connectivity index is 2.34. The molecule has 2 nitrogen and oxygen atoms in total. The van der Waals surface area contributed by atoms with E-state index in [0.29, 0.717) is 12.1 Å². The summed E-state index contributed by atoms with van der Waals surface area (Å²) in [4.78, 5) is 0. The van der Waals surface area contributed by atoms with Crippen molar-refractivity contribution in [3.63, 3.8) is 0 Å². The summed E-state index contributed by atoms with van der Waals surface area (Å²) in [6, 6.07) is 0.990. The van der Waals surface area contributed by atoms with E-state index < -0.39 is 0 Å². The predicted molar refractivity (Wildman–Crippen MR) is 50.3 cm³/mol. The van der Waals surface area contributed by atoms with Gasteiger partial charge in [-0.1, -0.05) is 38.5 Å². The van der Waals surface area contributed by atoms with E-state index in [9.17, 15) is 0 Å². The van der Waals surface area contributed by atoms with Gasteiger partial charge in [0.15, 0.2) is 0 Å². The maximum absolute atomic E-state index is 4.05. The Labute approximate surface area is 73.2 Å². The van der Waals surface area contributed by atoms with Crippen LogP contribution in [0, 0.1) is 0 Å². The van der Waals surface area contributed by atoms with Gasteiger partial charge in [0.25, 0.3) is 0 Å². The fourth-order valence-corrected chi connectivity index (χ4v) is 2.06. The third kappa shape index (κ3) is 2.05. The molecule has 0 unspecified atom stereocenters. The van der Waals surface area contributed by atoms with Crippen molar-refractivity contribution in [3.8, 4) is 0 Å². The number of rotatable bonds is 2. The first-order chi connectivity index (χ1) is 4.88. The third-order valence-corrected chi connectivity index (χ3v) is 2.76. The molecule has 1 aliphatic carbocycles. The highest BCUT2D eigenvalue weighted by Crippen LogP contribution is 2.18. The maximum Gasteiger partial charge on any atom is 0.0331 e. The quantitative estimate of drug-likeness (QED) is 0.477. The van der Waals surface area contributed by atoms with E-state index in [1.165, 1.54) is 25.7 Å². The smallest absolute Gasteiger partial charge is 0.0331 e. The number of hydrogen-bond acceptors (Lipinski definition) is 4. The number of thiol groups is 2. The molecule has 0 aromatic carbocycles. The molecule has 2 atom stereocenters. The average Bonchev–Trinajstić information content (AvgIpc) is 2.04. The first kappa shape index (κ1) is 8.71. The SMILES string of the molecule is SN[C@@H]1CCCC[C@H]1NS. The van der Waals surface area contributed by atoms with Crippen molar-refractivity contribution in [3.05, 3.63) is 0 Å². The van der Waals surface area contributed by atoms with Crippen molar-refractivity contribution in [2.24, 2.45) is 0 Å². The third-order valence-electron chi connectivity index (χ3n) is 2.10. The Morgan fingerprint density at radius 2 is 1.30 bits per heavy atom. The Morgan fingerprint density at radius 1 is 0.900 bits per heavy atom. The molecule has 0 radical (unpaired) electrons. The molecule has 1 aliphatic rings. The summed E-state index contributed by atoms with van der Waals surface area (Å²) in [5.74, 6) is 0. The van der Waals surface area contributed by atoms with Crippen molar-refractivity contribution >= 4 is 25.6 Å². The topological polar surface area (TPSA) is 24.1 Å². The minimum absolute atomic E-state index is 0.495. The van der Waals surface area contributed by atoms with Crippen LogP contribution in [0.4, 0.5) is 0 Å². The first-order valence-electron chi connectivity index (χ1n) is 3.67. The lowest BCUT2D eigenvalue weighted by Gasteiger charge is -2.29. The van der Waals surface area contributed by atoms with Crippen molar-refractivity contribution in [1.29, 1.82) is 0 Å². The molecule has 0 heterocycles. The fraction of sp³-hybridized carbons (Fsp3) is 1.00. The lowest BCUT2D eigenvalue weighted by atomic mass is 9.92. The second-order valence-corrected chi connectivity index (χ2v) is 3.27. The summed E-state index contributed by atoms with van der Waals surface area (Å²) in [6.07, 6.45) is 5.04. The Hall–Kier alpha value is 0.620. The zero-order valence-corrected chi connectivity index (χ0v) is 7.67. The van der Waals surface area contributed by atoms with Crippen LogP contribution in [0.15, 0.2) is 0 Å². The van der Waals surface area contributed by atoms with Crippen molar-refractivity contribution in [2.45, 2.75) is 37.8 Å². The van der Waals surface area contributed by atoms with Gasteiger partial charge in [0.05, 0.1) is 0 Å². The van der Waals surface area contributed by atoms with Crippen LogP contribution in [-0.2, 0) is 0 Å². The lowest BCUT2D eigenvalue weighted by Crippen LogP contribution is -2.43. The minimum Gasteiger partial charge on any atom is -0.262 e. The standard InChI is InChI=1S/C6H14N2S2/c9-7-5-3-1-2-4-6(5)8-10/h5-10H,1-4H2/t5-,6-/m1/s1. The van der Waals surface area contributed by atoms with Crippen molar-refractivity contribution in [2.75, 3.05) is 0 Å². The van der Waals surface area contributed by atoms with E-state index in [4.69, 9.17) is 0 Å². The molecular formula is C6H14N2S2. The molecule has 1 saturated carbocycles. The lowest BCUT2D eigenvalue weighted by molar-refractivity contribution is 0.355. The van der Waals surface area contributed by atoms with Gasteiger partial charge in [-0.25, -0.2) is 0 Å². The van der Waals surface area contributed by atoms with Crippen molar-refractivity contribution < 1.29 is 0 Å². The van der Waals surface area contributed by atoms with Crippen LogP contribution < -0.4 is 9.44 Å². The van der Waals surface area contributed by atoms with Gasteiger partial charge in [0, 0.05) is 12.1 Å². The van der Waals surface area contributed by atoms with Gasteiger partial charge in [-0.05, 0) is 12.8 Å². The molecule has 60 valence electrons. The highest BCUT2D eigenvalue weighted by molar-refractivity contribution is 7.78. The zero-order chi connectivity index (χ0) is 7.40. The van der Waals surface area contributed by atoms with Crippen LogP contribution >= 0.6 is 25.6 Å². The van der Waals surface area contributed by atoms with Gasteiger partial charge in [-0.15, -0.1) is 0 Å². The number of hydrogen-bond donors (Lipinski definition) is 4. The molecule has 0 aliphatic heterocycles. The zero-order valence-electron chi connectivity index (χ0n) is 5.88. The molecule has 0 aromatic rings. The highest BCUT2D eigenvalue weighted by atomic mass is 32.1. The molecule has 0 spiro atoms. The van der Waals surface area contributed by atoms with Gasteiger partial charge in [0.1, 0.15) is 0 Å². The summed E-state index contributed by atoms with van der Waals surface area (Å²) in [5, 5.41) is 0. The largest absolute Gasteiger partial charge is 0.262 e. The Morgan fingerprint density at radius 3 is 1.60 bits per heavy atom. The van der Waals surface area contributed by atoms with Crippen molar-refractivity contribution in [1.82, 2.24) is 9.44 Å². The molecule has 1 rings (SSSR count). The maximum atomic E-state index is 4.05. The molecule has 2 N–H and O–H groups in total. The van der Waals surface area contributed by atoms with Crippen LogP contribution in [0.2, 0.25) is 0 Å². The molecule has 1 fully saturated rings. The van der Waals surface area contributed by atoms with Gasteiger partial charge in [-0.3, -0.25) is 9.44 Å². The predicted octanol–water partition coefficient (Wildman–Crippen LogP) is 1.17. The molecule has 0 bridgehead atoms. The molecule has 10 heavy (non-hydrogen) atoms. The second-order valence-electron chi connectivity index (χ2n) is 2.76. The first-order valence-corrected chi connectivity index (χ1v) is 4.57. The molecule has 0 amide bonds. The summed E-state index contributed by atoms with van der Waals surface area (Å²) in [7, 11) is 0. The monoisotopic (exact) mass is 178 g/mol. The summed E-state index contributed by atoms with van der Waals surface area (Å²) in [5.41, 5.74) is 0. The summed E-state index contributed by atoms with van der Waals surface area (Å²) < 4.78 is 5.98. The summed E-state index contributed by atoms with van der Waals surface area (Å²) in [6.45, 7) is 0. The van der Waals surface area contributed by atoms with Crippen LogP contribution in [0.3, 0.4) is 0 Å². The highest BCUT2D eigenvalue weighted by Gasteiger charge is 2.22. The fourth-order valence-electron chi connectivity index (χ4n) is 1.44. The van der Waals surface area contributed by atoms with E-state index in [1.54, 1.807) is 0 Å². The molecular weight excluding hydrogens is 164 g/mol. The normalized spacial score (nSPS) is 34.2. The number of nitrogens with one attached hydrogen (secondary N) is 2. The van der Waals surface area contributed by atoms with E-state index in [2.05, 4.69) is 35.1 Å². The van der Waals surface area contributed by atoms with Crippen LogP contribution in [0.1, 0.15) is 25.7 Å². The van der Waals surface area contributed by atoms with E-state index in [-0.39, 0.29) is 0 Å². The Kier molecular flexibility index (Phi) is 3.91. The van der Waals surface area contributed by atoms with Gasteiger partial charge < -0.3 is 0 Å². The van der Waals surface area contributed by atoms with Gasteiger partial charge in [0.2, 0.25) is 0 Å². The minimum atomic E-state index is 0.495. The van der Waals surface area contributed by atoms with Gasteiger partial charge >= 0.3 is 0 Å². The average molecular weight is 178 g/mol. The molecule has 0 saturated heterocycles. The second kappa shape index (κ2) is 4.49. The van der Waals surface area contributed by atoms with Crippen LogP contribution in [-0.4, -0.2) is 12.1 Å². The summed E-state index contributed by atoms with van der Waals surface area (Å²) >= 11 is 8.11. The Bertz CT molecular complexity index is 87.7. The van der Waals surface area contributed by atoms with E-state index in [0.717, 1.165) is 0 Å².